The van der Waals surface area contributed by atoms with Crippen molar-refractivity contribution in [3.63, 3.8) is 0 Å². The molecule has 0 saturated carbocycles. The summed E-state index contributed by atoms with van der Waals surface area (Å²) in [4.78, 5) is 0. The van der Waals surface area contributed by atoms with Gasteiger partial charge in [0.05, 0.1) is 0 Å². The standard InChI is InChI=1S/C14H22N2O3S/c1-13-5-7-14(8-6-13)19-12-9-15-20(17,18)16-10-3-2-4-11-16/h5-8,15H,2-4,9-12H2,1H3. The number of nitrogens with one attached hydrogen (secondary N) is 1. The summed E-state index contributed by atoms with van der Waals surface area (Å²) in [5.41, 5.74) is 1.17. The normalized spacial score (nSPS) is 17.1. The molecule has 112 valence electrons. The van der Waals surface area contributed by atoms with Crippen molar-refractivity contribution < 1.29 is 13.2 Å². The van der Waals surface area contributed by atoms with Crippen LogP contribution in [-0.4, -0.2) is 39.0 Å². The SMILES string of the molecule is Cc1ccc(OCCNS(=O)(=O)N2CCCCC2)cc1. The molecule has 2 rings (SSSR count). The van der Waals surface area contributed by atoms with Crippen molar-refractivity contribution in [1.82, 2.24) is 9.03 Å². The van der Waals surface area contributed by atoms with Crippen molar-refractivity contribution in [2.24, 2.45) is 0 Å². The third-order valence-electron chi connectivity index (χ3n) is 3.33. The van der Waals surface area contributed by atoms with E-state index in [1.807, 2.05) is 31.2 Å². The second-order valence-corrected chi connectivity index (χ2v) is 6.78. The molecule has 1 fully saturated rings. The zero-order valence-electron chi connectivity index (χ0n) is 11.8. The molecule has 0 radical (unpaired) electrons. The lowest BCUT2D eigenvalue weighted by Gasteiger charge is -2.25. The summed E-state index contributed by atoms with van der Waals surface area (Å²) >= 11 is 0. The largest absolute Gasteiger partial charge is 0.492 e. The Morgan fingerprint density at radius 3 is 2.45 bits per heavy atom. The number of hydrogen-bond donors (Lipinski definition) is 1. The molecule has 1 heterocycles. The summed E-state index contributed by atoms with van der Waals surface area (Å²) in [6, 6.07) is 7.70. The van der Waals surface area contributed by atoms with Crippen LogP contribution in [0.2, 0.25) is 0 Å². The van der Waals surface area contributed by atoms with Gasteiger partial charge in [0.1, 0.15) is 12.4 Å². The molecule has 1 aliphatic heterocycles. The van der Waals surface area contributed by atoms with Gasteiger partial charge >= 0.3 is 0 Å². The zero-order valence-corrected chi connectivity index (χ0v) is 12.7. The number of benzene rings is 1. The third-order valence-corrected chi connectivity index (χ3v) is 4.95. The van der Waals surface area contributed by atoms with Crippen molar-refractivity contribution in [3.05, 3.63) is 29.8 Å². The fourth-order valence-electron chi connectivity index (χ4n) is 2.17. The molecule has 0 atom stereocenters. The van der Waals surface area contributed by atoms with Crippen LogP contribution in [0, 0.1) is 6.92 Å². The highest BCUT2D eigenvalue weighted by molar-refractivity contribution is 7.87. The molecular weight excluding hydrogens is 276 g/mol. The molecule has 0 spiro atoms. The van der Waals surface area contributed by atoms with Crippen molar-refractivity contribution in [1.29, 1.82) is 0 Å². The number of nitrogens with zero attached hydrogens (tertiary/aromatic N) is 1. The molecule has 1 N–H and O–H groups in total. The fourth-order valence-corrected chi connectivity index (χ4v) is 3.43. The first-order valence-electron chi connectivity index (χ1n) is 7.02. The molecule has 0 aromatic heterocycles. The fraction of sp³-hybridized carbons (Fsp3) is 0.571. The smallest absolute Gasteiger partial charge is 0.279 e. The van der Waals surface area contributed by atoms with Crippen LogP contribution in [-0.2, 0) is 10.2 Å². The van der Waals surface area contributed by atoms with Crippen LogP contribution in [0.4, 0.5) is 0 Å². The lowest BCUT2D eigenvalue weighted by atomic mass is 10.2. The highest BCUT2D eigenvalue weighted by Crippen LogP contribution is 2.12. The van der Waals surface area contributed by atoms with Gasteiger partial charge in [-0.05, 0) is 31.9 Å². The molecular formula is C14H22N2O3S. The second kappa shape index (κ2) is 7.06. The molecule has 0 bridgehead atoms. The molecule has 1 aliphatic rings. The maximum atomic E-state index is 12.0. The van der Waals surface area contributed by atoms with E-state index < -0.39 is 10.2 Å². The molecule has 0 amide bonds. The third kappa shape index (κ3) is 4.47. The quantitative estimate of drug-likeness (QED) is 0.813. The van der Waals surface area contributed by atoms with E-state index in [4.69, 9.17) is 4.74 Å². The summed E-state index contributed by atoms with van der Waals surface area (Å²) in [6.45, 7) is 3.86. The van der Waals surface area contributed by atoms with Gasteiger partial charge in [0.2, 0.25) is 0 Å². The maximum Gasteiger partial charge on any atom is 0.279 e. The monoisotopic (exact) mass is 298 g/mol. The van der Waals surface area contributed by atoms with Crippen LogP contribution in [0.15, 0.2) is 24.3 Å². The minimum atomic E-state index is -3.34. The number of rotatable bonds is 6. The van der Waals surface area contributed by atoms with Gasteiger partial charge < -0.3 is 4.74 Å². The summed E-state index contributed by atoms with van der Waals surface area (Å²) in [6.07, 6.45) is 3.00. The molecule has 20 heavy (non-hydrogen) atoms. The van der Waals surface area contributed by atoms with E-state index in [0.29, 0.717) is 19.7 Å². The number of piperidine rings is 1. The van der Waals surface area contributed by atoms with Crippen molar-refractivity contribution >= 4 is 10.2 Å². The minimum absolute atomic E-state index is 0.284. The van der Waals surface area contributed by atoms with Crippen LogP contribution in [0.5, 0.6) is 5.75 Å². The lowest BCUT2D eigenvalue weighted by molar-refractivity contribution is 0.313. The van der Waals surface area contributed by atoms with Crippen LogP contribution >= 0.6 is 0 Å². The predicted molar refractivity (Wildman–Crippen MR) is 79.0 cm³/mol. The first kappa shape index (κ1) is 15.3. The molecule has 6 heteroatoms. The Balaban J connectivity index is 1.73. The average molecular weight is 298 g/mol. The Morgan fingerprint density at radius 1 is 1.15 bits per heavy atom. The Hall–Kier alpha value is -1.11. The summed E-state index contributed by atoms with van der Waals surface area (Å²) in [7, 11) is -3.34. The molecule has 1 aromatic carbocycles. The van der Waals surface area contributed by atoms with Gasteiger partial charge in [0.15, 0.2) is 0 Å². The highest BCUT2D eigenvalue weighted by Gasteiger charge is 2.22. The van der Waals surface area contributed by atoms with Crippen LogP contribution in [0.25, 0.3) is 0 Å². The summed E-state index contributed by atoms with van der Waals surface area (Å²) in [5.74, 6) is 0.757. The van der Waals surface area contributed by atoms with Crippen molar-refractivity contribution in [2.75, 3.05) is 26.2 Å². The Kier molecular flexibility index (Phi) is 5.39. The first-order chi connectivity index (χ1) is 9.58. The van der Waals surface area contributed by atoms with E-state index in [9.17, 15) is 8.42 Å². The van der Waals surface area contributed by atoms with Gasteiger partial charge in [0.25, 0.3) is 10.2 Å². The number of aryl methyl sites for hydroxylation is 1. The highest BCUT2D eigenvalue weighted by atomic mass is 32.2. The van der Waals surface area contributed by atoms with E-state index in [2.05, 4.69) is 4.72 Å². The molecule has 1 aromatic rings. The Morgan fingerprint density at radius 2 is 1.80 bits per heavy atom. The minimum Gasteiger partial charge on any atom is -0.492 e. The first-order valence-corrected chi connectivity index (χ1v) is 8.46. The molecule has 1 saturated heterocycles. The van der Waals surface area contributed by atoms with Crippen LogP contribution in [0.1, 0.15) is 24.8 Å². The topological polar surface area (TPSA) is 58.6 Å². The van der Waals surface area contributed by atoms with E-state index in [1.165, 1.54) is 9.87 Å². The second-order valence-electron chi connectivity index (χ2n) is 5.02. The van der Waals surface area contributed by atoms with E-state index in [-0.39, 0.29) is 6.54 Å². The Labute approximate surface area is 121 Å². The van der Waals surface area contributed by atoms with Gasteiger partial charge in [-0.2, -0.15) is 17.4 Å². The van der Waals surface area contributed by atoms with Crippen molar-refractivity contribution in [3.8, 4) is 5.75 Å². The summed E-state index contributed by atoms with van der Waals surface area (Å²) in [5, 5.41) is 0. The van der Waals surface area contributed by atoms with Crippen LogP contribution < -0.4 is 9.46 Å². The number of ether oxygens (including phenoxy) is 1. The van der Waals surface area contributed by atoms with Gasteiger partial charge in [-0.25, -0.2) is 0 Å². The maximum absolute atomic E-state index is 12.0. The molecule has 5 nitrogen and oxygen atoms in total. The molecule has 0 unspecified atom stereocenters. The van der Waals surface area contributed by atoms with Gasteiger partial charge in [0, 0.05) is 19.6 Å². The Bertz CT molecular complexity index is 508. The average Bonchev–Trinajstić information content (AvgIpc) is 2.46. The lowest BCUT2D eigenvalue weighted by Crippen LogP contribution is -2.44. The van der Waals surface area contributed by atoms with E-state index in [0.717, 1.165) is 25.0 Å². The summed E-state index contributed by atoms with van der Waals surface area (Å²) < 4.78 is 33.6. The number of hydrogen-bond acceptors (Lipinski definition) is 3. The van der Waals surface area contributed by atoms with E-state index >= 15 is 0 Å². The predicted octanol–water partition coefficient (Wildman–Crippen LogP) is 1.69. The van der Waals surface area contributed by atoms with Crippen LogP contribution in [0.3, 0.4) is 0 Å². The van der Waals surface area contributed by atoms with Gasteiger partial charge in [-0.15, -0.1) is 0 Å². The van der Waals surface area contributed by atoms with Gasteiger partial charge in [-0.1, -0.05) is 24.1 Å². The molecule has 0 aliphatic carbocycles. The zero-order chi connectivity index (χ0) is 14.4. The van der Waals surface area contributed by atoms with Crippen molar-refractivity contribution in [2.45, 2.75) is 26.2 Å². The van der Waals surface area contributed by atoms with E-state index in [1.54, 1.807) is 0 Å². The van der Waals surface area contributed by atoms with Gasteiger partial charge in [-0.3, -0.25) is 0 Å².